The minimum Gasteiger partial charge on any atom is -0.456 e. The van der Waals surface area contributed by atoms with Gasteiger partial charge in [-0.3, -0.25) is 4.79 Å². The van der Waals surface area contributed by atoms with Gasteiger partial charge in [0.2, 0.25) is 11.6 Å². The first kappa shape index (κ1) is 36.7. The molecule has 4 bridgehead atoms. The minimum atomic E-state index is -0.888. The van der Waals surface area contributed by atoms with E-state index in [1.54, 1.807) is 0 Å². The lowest BCUT2D eigenvalue weighted by atomic mass is 9.58. The first-order chi connectivity index (χ1) is 24.6. The fraction of sp³-hybridized carbons (Fsp3) is 0.974. The molecule has 0 amide bonds. The third-order valence-electron chi connectivity index (χ3n) is 15.7. The summed E-state index contributed by atoms with van der Waals surface area (Å²) in [5, 5.41) is 0. The number of rotatable bonds is 9. The molecule has 52 heavy (non-hydrogen) atoms. The second kappa shape index (κ2) is 12.3. The van der Waals surface area contributed by atoms with Crippen LogP contribution < -0.4 is 5.73 Å². The summed E-state index contributed by atoms with van der Waals surface area (Å²) in [5.41, 5.74) is 5.00. The van der Waals surface area contributed by atoms with Crippen molar-refractivity contribution < 1.29 is 57.5 Å². The summed E-state index contributed by atoms with van der Waals surface area (Å²) in [6, 6.07) is -0.787. The van der Waals surface area contributed by atoms with E-state index in [4.69, 9.17) is 58.4 Å². The van der Waals surface area contributed by atoms with Gasteiger partial charge in [-0.1, -0.05) is 41.5 Å². The highest BCUT2D eigenvalue weighted by Crippen LogP contribution is 2.82. The number of esters is 1. The zero-order chi connectivity index (χ0) is 36.6. The van der Waals surface area contributed by atoms with Gasteiger partial charge in [-0.15, -0.1) is 0 Å². The van der Waals surface area contributed by atoms with E-state index in [0.29, 0.717) is 5.92 Å². The van der Waals surface area contributed by atoms with E-state index in [1.165, 1.54) is 0 Å². The molecule has 3 aliphatic carbocycles. The molecule has 3 saturated carbocycles. The number of ether oxygens (including phenoxy) is 7. The smallest absolute Gasteiger partial charge is 0.323 e. The SMILES string of the molecule is CC(C)[C@H](N)C(=O)OC(CO[C@H]1O[C@@H]2O[C@@]3(C)CC[C@H]4[C@H](C)CC[C@@H]([C@H]1C)[C@@]24OO3)CO[C@H]1OC2O[C@@]3(C)CC[C@@]45CC4(C)CC[C@@H]([C@H]1C)[C@@]25OO3. The Labute approximate surface area is 307 Å². The summed E-state index contributed by atoms with van der Waals surface area (Å²) in [6.07, 6.45) is 5.32. The van der Waals surface area contributed by atoms with Crippen LogP contribution in [0.2, 0.25) is 0 Å². The van der Waals surface area contributed by atoms with Crippen LogP contribution in [0.25, 0.3) is 0 Å². The molecule has 8 aliphatic heterocycles. The van der Waals surface area contributed by atoms with E-state index >= 15 is 0 Å². The van der Waals surface area contributed by atoms with E-state index in [2.05, 4.69) is 27.7 Å². The molecule has 0 aromatic carbocycles. The number of hydrogen-bond acceptors (Lipinski definition) is 13. The van der Waals surface area contributed by atoms with Crippen LogP contribution in [0.3, 0.4) is 0 Å². The summed E-state index contributed by atoms with van der Waals surface area (Å²) in [7, 11) is 0. The van der Waals surface area contributed by atoms with Crippen molar-refractivity contribution in [2.24, 2.45) is 58.0 Å². The first-order valence-electron chi connectivity index (χ1n) is 20.2. The number of carbonyl (C=O) groups is 1. The van der Waals surface area contributed by atoms with Gasteiger partial charge in [0.15, 0.2) is 36.4 Å². The molecule has 11 aliphatic rings. The highest BCUT2D eigenvalue weighted by molar-refractivity contribution is 5.76. The third kappa shape index (κ3) is 5.09. The third-order valence-corrected chi connectivity index (χ3v) is 15.7. The predicted octanol–water partition coefficient (Wildman–Crippen LogP) is 5.47. The largest absolute Gasteiger partial charge is 0.456 e. The Morgan fingerprint density at radius 1 is 0.750 bits per heavy atom. The van der Waals surface area contributed by atoms with Crippen molar-refractivity contribution in [3.63, 3.8) is 0 Å². The second-order valence-electron chi connectivity index (χ2n) is 19.1. The van der Waals surface area contributed by atoms with E-state index in [-0.39, 0.29) is 59.6 Å². The maximum Gasteiger partial charge on any atom is 0.323 e. The molecule has 0 aromatic heterocycles. The van der Waals surface area contributed by atoms with Crippen LogP contribution in [-0.4, -0.2) is 79.3 Å². The van der Waals surface area contributed by atoms with Gasteiger partial charge in [0.1, 0.15) is 12.1 Å². The molecule has 0 aromatic rings. The Morgan fingerprint density at radius 2 is 1.38 bits per heavy atom. The Bertz CT molecular complexity index is 1420. The van der Waals surface area contributed by atoms with Crippen LogP contribution in [0.1, 0.15) is 113 Å². The van der Waals surface area contributed by atoms with Crippen molar-refractivity contribution in [1.29, 1.82) is 0 Å². The molecular weight excluding hydrogens is 674 g/mol. The molecule has 3 spiro atoms. The minimum absolute atomic E-state index is 0.0333. The van der Waals surface area contributed by atoms with Gasteiger partial charge in [-0.05, 0) is 82.0 Å². The zero-order valence-electron chi connectivity index (χ0n) is 32.3. The number of nitrogens with two attached hydrogens (primary N) is 1. The van der Waals surface area contributed by atoms with Crippen molar-refractivity contribution in [3.8, 4) is 0 Å². The van der Waals surface area contributed by atoms with Gasteiger partial charge >= 0.3 is 5.97 Å². The second-order valence-corrected chi connectivity index (χ2v) is 19.1. The van der Waals surface area contributed by atoms with E-state index < -0.39 is 66.1 Å². The van der Waals surface area contributed by atoms with Crippen molar-refractivity contribution in [3.05, 3.63) is 0 Å². The molecule has 11 fully saturated rings. The standard InChI is InChI=1S/C39H61NO12/c1-20(2)28(40)29(41)44-24(17-42-30-22(4)26-10-9-21(3)25-12-14-35(7)47-32(45-30)38(25,26)51-49-35)18-43-31-23(5)27-11-13-34(6)19-37(34)16-15-36(8)48-33(46-31)39(27,37)52-50-36/h20-28,30-33H,9-19,40H2,1-8H3/t21-,22-,23-,24?,25+,26+,27+,28+,30+,31+,32-,33?,34?,35-,36-,37-,38-,39-/m1/s1. The molecule has 18 atom stereocenters. The Balaban J connectivity index is 0.924. The molecule has 3 unspecified atom stereocenters. The fourth-order valence-electron chi connectivity index (χ4n) is 12.3. The number of hydrogen-bond donors (Lipinski definition) is 1. The topological polar surface area (TPSA) is 145 Å². The van der Waals surface area contributed by atoms with Gasteiger partial charge in [0.05, 0.1) is 13.2 Å². The van der Waals surface area contributed by atoms with Crippen molar-refractivity contribution in [2.75, 3.05) is 13.2 Å². The van der Waals surface area contributed by atoms with Crippen molar-refractivity contribution in [2.45, 2.75) is 173 Å². The highest BCUT2D eigenvalue weighted by Gasteiger charge is 2.85. The van der Waals surface area contributed by atoms with Gasteiger partial charge in [-0.2, -0.15) is 0 Å². The van der Waals surface area contributed by atoms with Crippen LogP contribution in [0.15, 0.2) is 0 Å². The van der Waals surface area contributed by atoms with E-state index in [0.717, 1.165) is 57.8 Å². The van der Waals surface area contributed by atoms with Crippen molar-refractivity contribution >= 4 is 5.97 Å². The Kier molecular flexibility index (Phi) is 8.64. The fourth-order valence-corrected chi connectivity index (χ4v) is 12.3. The summed E-state index contributed by atoms with van der Waals surface area (Å²) in [4.78, 5) is 38.1. The summed E-state index contributed by atoms with van der Waals surface area (Å²) < 4.78 is 45.7. The average Bonchev–Trinajstić information content (AvgIpc) is 3.84. The molecule has 13 nitrogen and oxygen atoms in total. The van der Waals surface area contributed by atoms with Crippen LogP contribution in [0.4, 0.5) is 0 Å². The van der Waals surface area contributed by atoms with E-state index in [1.807, 2.05) is 27.7 Å². The van der Waals surface area contributed by atoms with Crippen LogP contribution in [0.5, 0.6) is 0 Å². The van der Waals surface area contributed by atoms with Gasteiger partial charge in [0.25, 0.3) is 0 Å². The molecule has 11 rings (SSSR count). The highest BCUT2D eigenvalue weighted by atomic mass is 17.3. The quantitative estimate of drug-likeness (QED) is 0.236. The predicted molar refractivity (Wildman–Crippen MR) is 181 cm³/mol. The molecule has 8 saturated heterocycles. The molecule has 2 N–H and O–H groups in total. The number of carbonyl (C=O) groups excluding carboxylic acids is 1. The molecule has 0 radical (unpaired) electrons. The Hall–Kier alpha value is -0.970. The van der Waals surface area contributed by atoms with Gasteiger partial charge in [0, 0.05) is 41.9 Å². The zero-order valence-corrected chi connectivity index (χ0v) is 32.3. The lowest BCUT2D eigenvalue weighted by molar-refractivity contribution is -0.579. The van der Waals surface area contributed by atoms with Crippen LogP contribution in [-0.2, 0) is 57.5 Å². The van der Waals surface area contributed by atoms with Gasteiger partial charge < -0.3 is 38.9 Å². The summed E-state index contributed by atoms with van der Waals surface area (Å²) >= 11 is 0. The lowest BCUT2D eigenvalue weighted by Gasteiger charge is -2.60. The molecular formula is C39H61NO12. The molecule has 294 valence electrons. The van der Waals surface area contributed by atoms with Crippen LogP contribution >= 0.6 is 0 Å². The summed E-state index contributed by atoms with van der Waals surface area (Å²) in [5.74, 6) is -1.53. The maximum atomic E-state index is 13.3. The molecule has 8 heterocycles. The maximum absolute atomic E-state index is 13.3. The molecule has 13 heteroatoms. The number of fused-ring (bicyclic) bond motifs is 4. The van der Waals surface area contributed by atoms with E-state index in [9.17, 15) is 4.79 Å². The van der Waals surface area contributed by atoms with Gasteiger partial charge in [-0.25, -0.2) is 19.6 Å². The summed E-state index contributed by atoms with van der Waals surface area (Å²) in [6.45, 7) is 16.7. The Morgan fingerprint density at radius 3 is 2.12 bits per heavy atom. The monoisotopic (exact) mass is 735 g/mol. The normalized spacial score (nSPS) is 55.3. The van der Waals surface area contributed by atoms with Crippen molar-refractivity contribution in [1.82, 2.24) is 0 Å². The first-order valence-corrected chi connectivity index (χ1v) is 20.2. The average molecular weight is 736 g/mol. The van der Waals surface area contributed by atoms with Crippen LogP contribution in [0, 0.1) is 52.3 Å². The lowest BCUT2D eigenvalue weighted by Crippen LogP contribution is -2.71.